The minimum absolute atomic E-state index is 0.497. The maximum absolute atomic E-state index is 5.48. The van der Waals surface area contributed by atoms with E-state index in [1.165, 1.54) is 50.1 Å². The Morgan fingerprint density at radius 3 is 1.60 bits per heavy atom. The van der Waals surface area contributed by atoms with Crippen molar-refractivity contribution in [1.82, 2.24) is 9.97 Å². The molecule has 0 unspecified atom stereocenters. The van der Waals surface area contributed by atoms with E-state index < -0.39 is 5.41 Å². The van der Waals surface area contributed by atoms with Gasteiger partial charge in [0.25, 0.3) is 0 Å². The van der Waals surface area contributed by atoms with Gasteiger partial charge in [0.15, 0.2) is 5.82 Å². The lowest BCUT2D eigenvalue weighted by Gasteiger charge is -2.34. The van der Waals surface area contributed by atoms with Crippen LogP contribution >= 0.6 is 0 Å². The van der Waals surface area contributed by atoms with Gasteiger partial charge in [0, 0.05) is 28.7 Å². The quantitative estimate of drug-likeness (QED) is 0.188. The molecule has 7 aromatic carbocycles. The normalized spacial score (nSPS) is 13.3. The molecule has 50 heavy (non-hydrogen) atoms. The van der Waals surface area contributed by atoms with Crippen molar-refractivity contribution in [3.05, 3.63) is 215 Å². The van der Waals surface area contributed by atoms with Crippen LogP contribution in [0.15, 0.2) is 182 Å². The van der Waals surface area contributed by atoms with Crippen LogP contribution in [0.4, 0.5) is 0 Å². The summed E-state index contributed by atoms with van der Waals surface area (Å²) in [5.41, 5.74) is 17.2. The van der Waals surface area contributed by atoms with Crippen LogP contribution in [-0.4, -0.2) is 9.97 Å². The van der Waals surface area contributed by atoms with Gasteiger partial charge in [0.1, 0.15) is 0 Å². The van der Waals surface area contributed by atoms with Gasteiger partial charge in [-0.05, 0) is 62.2 Å². The highest BCUT2D eigenvalue weighted by atomic mass is 14.9. The molecule has 0 fully saturated rings. The summed E-state index contributed by atoms with van der Waals surface area (Å²) in [4.78, 5) is 10.9. The molecular formula is C48H32N2. The van der Waals surface area contributed by atoms with Gasteiger partial charge in [0.2, 0.25) is 0 Å². The minimum atomic E-state index is -0.497. The van der Waals surface area contributed by atoms with Gasteiger partial charge < -0.3 is 0 Å². The highest BCUT2D eigenvalue weighted by Gasteiger charge is 2.46. The molecule has 1 heterocycles. The molecule has 234 valence electrons. The summed E-state index contributed by atoms with van der Waals surface area (Å²) in [6, 6.07) is 65.7. The number of benzene rings is 7. The maximum atomic E-state index is 5.48. The van der Waals surface area contributed by atoms with Crippen molar-refractivity contribution in [1.29, 1.82) is 0 Å². The molecule has 1 aromatic heterocycles. The fourth-order valence-corrected chi connectivity index (χ4v) is 8.45. The van der Waals surface area contributed by atoms with Crippen LogP contribution in [0.3, 0.4) is 0 Å². The van der Waals surface area contributed by atoms with E-state index in [0.717, 1.165) is 45.9 Å². The Bertz CT molecular complexity index is 2500. The molecule has 0 aliphatic heterocycles. The van der Waals surface area contributed by atoms with Gasteiger partial charge in [-0.1, -0.05) is 170 Å². The van der Waals surface area contributed by atoms with E-state index in [-0.39, 0.29) is 0 Å². The highest BCUT2D eigenvalue weighted by Crippen LogP contribution is 2.58. The number of nitrogens with zero attached hydrogens (tertiary/aromatic N) is 2. The molecule has 2 nitrogen and oxygen atoms in total. The van der Waals surface area contributed by atoms with Gasteiger partial charge in [-0.3, -0.25) is 0 Å². The first kappa shape index (κ1) is 28.6. The number of rotatable bonds is 5. The minimum Gasteiger partial charge on any atom is -0.228 e. The third kappa shape index (κ3) is 4.22. The van der Waals surface area contributed by atoms with Gasteiger partial charge in [0.05, 0.1) is 16.8 Å². The molecule has 0 atom stereocenters. The fourth-order valence-electron chi connectivity index (χ4n) is 8.45. The van der Waals surface area contributed by atoms with Crippen molar-refractivity contribution >= 4 is 0 Å². The number of hydrogen-bond donors (Lipinski definition) is 0. The molecule has 0 spiro atoms. The summed E-state index contributed by atoms with van der Waals surface area (Å²) in [5.74, 6) is 0.746. The van der Waals surface area contributed by atoms with Crippen LogP contribution in [0.25, 0.3) is 56.2 Å². The zero-order valence-corrected chi connectivity index (χ0v) is 27.4. The molecule has 2 heteroatoms. The third-order valence-electron chi connectivity index (χ3n) is 10.6. The molecule has 0 radical (unpaired) electrons. The molecule has 0 N–H and O–H groups in total. The van der Waals surface area contributed by atoms with Crippen molar-refractivity contribution < 1.29 is 0 Å². The largest absolute Gasteiger partial charge is 0.228 e. The molecule has 0 bridgehead atoms. The van der Waals surface area contributed by atoms with Crippen LogP contribution in [0.5, 0.6) is 0 Å². The average molecular weight is 637 g/mol. The van der Waals surface area contributed by atoms with Crippen LogP contribution < -0.4 is 0 Å². The van der Waals surface area contributed by atoms with Gasteiger partial charge in [-0.15, -0.1) is 0 Å². The topological polar surface area (TPSA) is 25.8 Å². The number of fused-ring (bicyclic) bond motifs is 6. The molecule has 10 rings (SSSR count). The smallest absolute Gasteiger partial charge is 0.161 e. The molecule has 2 aliphatic rings. The first-order valence-electron chi connectivity index (χ1n) is 17.3. The highest BCUT2D eigenvalue weighted by molar-refractivity contribution is 5.94. The van der Waals surface area contributed by atoms with Crippen molar-refractivity contribution in [3.63, 3.8) is 0 Å². The standard InChI is InChI=1S/C48H32N2/c1-5-17-32(18-6-1)39-31-44-40(38-27-15-16-28-43(38)48(44,35-22-9-3-10-23-35)36-24-11-4-12-25-36)30-41(39)47-49-45(33-19-7-2-8-20-33)42-29-34-21-13-14-26-37(34)46(42)50-47/h1-28,30-31H,29H2. The van der Waals surface area contributed by atoms with Crippen LogP contribution in [0.2, 0.25) is 0 Å². The summed E-state index contributed by atoms with van der Waals surface area (Å²) >= 11 is 0. The van der Waals surface area contributed by atoms with Gasteiger partial charge in [-0.25, -0.2) is 9.97 Å². The molecule has 8 aromatic rings. The Morgan fingerprint density at radius 2 is 0.920 bits per heavy atom. The SMILES string of the molecule is c1ccc(-c2cc3c(cc2-c2nc(-c4ccccc4)c4c(n2)-c2ccccc2C4)-c2ccccc2C3(c2ccccc2)c2ccccc2)cc1. The number of aromatic nitrogens is 2. The Labute approximate surface area is 292 Å². The van der Waals surface area contributed by atoms with E-state index in [4.69, 9.17) is 9.97 Å². The van der Waals surface area contributed by atoms with Gasteiger partial charge in [-0.2, -0.15) is 0 Å². The summed E-state index contributed by atoms with van der Waals surface area (Å²) in [5, 5.41) is 0. The van der Waals surface area contributed by atoms with E-state index >= 15 is 0 Å². The van der Waals surface area contributed by atoms with Crippen molar-refractivity contribution in [2.45, 2.75) is 11.8 Å². The fraction of sp³-hybridized carbons (Fsp3) is 0.0417. The average Bonchev–Trinajstić information content (AvgIpc) is 3.72. The monoisotopic (exact) mass is 636 g/mol. The lowest BCUT2D eigenvalue weighted by molar-refractivity contribution is 0.769. The Morgan fingerprint density at radius 1 is 0.380 bits per heavy atom. The molecule has 0 amide bonds. The van der Waals surface area contributed by atoms with Crippen LogP contribution in [0.1, 0.15) is 33.4 Å². The zero-order valence-electron chi connectivity index (χ0n) is 27.4. The van der Waals surface area contributed by atoms with Crippen molar-refractivity contribution in [2.75, 3.05) is 0 Å². The van der Waals surface area contributed by atoms with E-state index in [1.807, 2.05) is 0 Å². The Hall–Kier alpha value is -6.38. The summed E-state index contributed by atoms with van der Waals surface area (Å²) in [6.45, 7) is 0. The molecular weight excluding hydrogens is 605 g/mol. The summed E-state index contributed by atoms with van der Waals surface area (Å²) < 4.78 is 0. The van der Waals surface area contributed by atoms with Crippen LogP contribution in [0, 0.1) is 0 Å². The van der Waals surface area contributed by atoms with E-state index in [0.29, 0.717) is 0 Å². The third-order valence-corrected chi connectivity index (χ3v) is 10.6. The first-order valence-corrected chi connectivity index (χ1v) is 17.3. The lowest BCUT2D eigenvalue weighted by atomic mass is 9.67. The Kier molecular flexibility index (Phi) is 6.50. The maximum Gasteiger partial charge on any atom is 0.161 e. The van der Waals surface area contributed by atoms with E-state index in [1.54, 1.807) is 0 Å². The van der Waals surface area contributed by atoms with E-state index in [9.17, 15) is 0 Å². The lowest BCUT2D eigenvalue weighted by Crippen LogP contribution is -2.28. The van der Waals surface area contributed by atoms with Crippen molar-refractivity contribution in [2.24, 2.45) is 0 Å². The predicted octanol–water partition coefficient (Wildman–Crippen LogP) is 11.4. The summed E-state index contributed by atoms with van der Waals surface area (Å²) in [6.07, 6.45) is 0.829. The van der Waals surface area contributed by atoms with Crippen molar-refractivity contribution in [3.8, 4) is 56.2 Å². The second-order valence-corrected chi connectivity index (χ2v) is 13.3. The Balaban J connectivity index is 1.32. The summed E-state index contributed by atoms with van der Waals surface area (Å²) in [7, 11) is 0. The van der Waals surface area contributed by atoms with Crippen LogP contribution in [-0.2, 0) is 11.8 Å². The molecule has 0 saturated heterocycles. The van der Waals surface area contributed by atoms with E-state index in [2.05, 4.69) is 182 Å². The second kappa shape index (κ2) is 11.4. The molecule has 0 saturated carbocycles. The molecule has 2 aliphatic carbocycles. The van der Waals surface area contributed by atoms with Gasteiger partial charge >= 0.3 is 0 Å². The predicted molar refractivity (Wildman–Crippen MR) is 204 cm³/mol. The first-order chi connectivity index (χ1) is 24.8. The number of hydrogen-bond acceptors (Lipinski definition) is 2. The zero-order chi connectivity index (χ0) is 33.1. The second-order valence-electron chi connectivity index (χ2n) is 13.3.